The Hall–Kier alpha value is -2.21. The van der Waals surface area contributed by atoms with Crippen molar-refractivity contribution >= 4 is 5.78 Å². The number of pyridine rings is 1. The van der Waals surface area contributed by atoms with E-state index >= 15 is 0 Å². The SMILES string of the molecule is O=C(Cc1ccc(CO)nc1)c1ccccc1C(F)(F)F. The number of Topliss-reactive ketones (excluding diaryl/α,β-unsaturated/α-hetero) is 1. The van der Waals surface area contributed by atoms with Gasteiger partial charge in [-0.05, 0) is 17.7 Å². The number of halogens is 3. The third kappa shape index (κ3) is 3.66. The largest absolute Gasteiger partial charge is 0.417 e. The van der Waals surface area contributed by atoms with E-state index in [0.717, 1.165) is 6.07 Å². The highest BCUT2D eigenvalue weighted by atomic mass is 19.4. The zero-order valence-electron chi connectivity index (χ0n) is 10.9. The summed E-state index contributed by atoms with van der Waals surface area (Å²) >= 11 is 0. The number of hydrogen-bond acceptors (Lipinski definition) is 3. The van der Waals surface area contributed by atoms with E-state index < -0.39 is 17.5 Å². The number of carbonyl (C=O) groups is 1. The zero-order chi connectivity index (χ0) is 15.5. The van der Waals surface area contributed by atoms with Crippen LogP contribution >= 0.6 is 0 Å². The lowest BCUT2D eigenvalue weighted by molar-refractivity contribution is -0.137. The Morgan fingerprint density at radius 1 is 1.14 bits per heavy atom. The van der Waals surface area contributed by atoms with Crippen LogP contribution in [-0.2, 0) is 19.2 Å². The number of benzene rings is 1. The highest BCUT2D eigenvalue weighted by molar-refractivity contribution is 5.99. The minimum atomic E-state index is -4.56. The molecule has 0 saturated heterocycles. The van der Waals surface area contributed by atoms with Gasteiger partial charge >= 0.3 is 6.18 Å². The van der Waals surface area contributed by atoms with Crippen LogP contribution in [0.1, 0.15) is 27.2 Å². The summed E-state index contributed by atoms with van der Waals surface area (Å²) in [7, 11) is 0. The molecular weight excluding hydrogens is 283 g/mol. The maximum atomic E-state index is 12.9. The maximum absolute atomic E-state index is 12.9. The Labute approximate surface area is 119 Å². The summed E-state index contributed by atoms with van der Waals surface area (Å²) in [5.41, 5.74) is -0.359. The molecular formula is C15H12F3NO2. The Morgan fingerprint density at radius 3 is 2.43 bits per heavy atom. The fourth-order valence-corrected chi connectivity index (χ4v) is 1.91. The Bertz CT molecular complexity index is 636. The van der Waals surface area contributed by atoms with E-state index in [0.29, 0.717) is 11.3 Å². The number of hydrogen-bond donors (Lipinski definition) is 1. The summed E-state index contributed by atoms with van der Waals surface area (Å²) in [5.74, 6) is -0.624. The van der Waals surface area contributed by atoms with E-state index in [9.17, 15) is 18.0 Å². The molecule has 0 spiro atoms. The van der Waals surface area contributed by atoms with Crippen LogP contribution in [0.4, 0.5) is 13.2 Å². The molecule has 3 nitrogen and oxygen atoms in total. The highest BCUT2D eigenvalue weighted by Crippen LogP contribution is 2.32. The first-order chi connectivity index (χ1) is 9.91. The van der Waals surface area contributed by atoms with Crippen molar-refractivity contribution in [2.24, 2.45) is 0 Å². The average molecular weight is 295 g/mol. The molecule has 0 aliphatic carbocycles. The minimum Gasteiger partial charge on any atom is -0.390 e. The van der Waals surface area contributed by atoms with Crippen LogP contribution in [0, 0.1) is 0 Å². The number of ketones is 1. The summed E-state index contributed by atoms with van der Waals surface area (Å²) in [6.45, 7) is -0.231. The van der Waals surface area contributed by atoms with E-state index in [1.54, 1.807) is 6.07 Å². The van der Waals surface area contributed by atoms with Crippen LogP contribution in [0.25, 0.3) is 0 Å². The van der Waals surface area contributed by atoms with Crippen molar-refractivity contribution < 1.29 is 23.1 Å². The van der Waals surface area contributed by atoms with E-state index in [-0.39, 0.29) is 18.6 Å². The maximum Gasteiger partial charge on any atom is 0.417 e. The third-order valence-electron chi connectivity index (χ3n) is 2.95. The zero-order valence-corrected chi connectivity index (χ0v) is 10.9. The Kier molecular flexibility index (Phi) is 4.37. The molecule has 21 heavy (non-hydrogen) atoms. The first-order valence-electron chi connectivity index (χ1n) is 6.16. The minimum absolute atomic E-state index is 0.175. The molecule has 0 fully saturated rings. The molecule has 0 radical (unpaired) electrons. The molecule has 1 heterocycles. The van der Waals surface area contributed by atoms with E-state index in [2.05, 4.69) is 4.98 Å². The second-order valence-electron chi connectivity index (χ2n) is 4.46. The number of nitrogens with zero attached hydrogens (tertiary/aromatic N) is 1. The molecule has 0 aliphatic rings. The van der Waals surface area contributed by atoms with Gasteiger partial charge in [0.1, 0.15) is 0 Å². The monoisotopic (exact) mass is 295 g/mol. The molecule has 0 saturated carbocycles. The van der Waals surface area contributed by atoms with E-state index in [1.807, 2.05) is 0 Å². The van der Waals surface area contributed by atoms with Crippen LogP contribution in [0.15, 0.2) is 42.6 Å². The smallest absolute Gasteiger partial charge is 0.390 e. The van der Waals surface area contributed by atoms with Crippen LogP contribution in [0.5, 0.6) is 0 Å². The highest BCUT2D eigenvalue weighted by Gasteiger charge is 2.34. The van der Waals surface area contributed by atoms with Crippen LogP contribution in [0.2, 0.25) is 0 Å². The number of carbonyl (C=O) groups excluding carboxylic acids is 1. The molecule has 110 valence electrons. The Morgan fingerprint density at radius 2 is 1.86 bits per heavy atom. The van der Waals surface area contributed by atoms with Crippen LogP contribution < -0.4 is 0 Å². The second kappa shape index (κ2) is 6.05. The van der Waals surface area contributed by atoms with Gasteiger partial charge in [-0.3, -0.25) is 9.78 Å². The number of aromatic nitrogens is 1. The van der Waals surface area contributed by atoms with Crippen LogP contribution in [0.3, 0.4) is 0 Å². The van der Waals surface area contributed by atoms with Crippen molar-refractivity contribution in [1.29, 1.82) is 0 Å². The van der Waals surface area contributed by atoms with Gasteiger partial charge in [0.05, 0.1) is 17.9 Å². The van der Waals surface area contributed by atoms with Gasteiger partial charge in [0.15, 0.2) is 5.78 Å². The van der Waals surface area contributed by atoms with Gasteiger partial charge in [0.2, 0.25) is 0 Å². The molecule has 0 unspecified atom stereocenters. The topological polar surface area (TPSA) is 50.2 Å². The fraction of sp³-hybridized carbons (Fsp3) is 0.200. The fourth-order valence-electron chi connectivity index (χ4n) is 1.91. The first kappa shape index (κ1) is 15.2. The van der Waals surface area contributed by atoms with Crippen molar-refractivity contribution in [3.63, 3.8) is 0 Å². The van der Waals surface area contributed by atoms with Crippen molar-refractivity contribution in [3.8, 4) is 0 Å². The normalized spacial score (nSPS) is 11.4. The second-order valence-corrected chi connectivity index (χ2v) is 4.46. The van der Waals surface area contributed by atoms with Crippen molar-refractivity contribution in [2.75, 3.05) is 0 Å². The van der Waals surface area contributed by atoms with Gasteiger partial charge in [-0.1, -0.05) is 24.3 Å². The summed E-state index contributed by atoms with van der Waals surface area (Å²) in [6, 6.07) is 7.79. The molecule has 2 aromatic rings. The summed E-state index contributed by atoms with van der Waals surface area (Å²) in [4.78, 5) is 15.9. The van der Waals surface area contributed by atoms with Crippen molar-refractivity contribution in [3.05, 3.63) is 65.0 Å². The number of rotatable bonds is 4. The first-order valence-corrected chi connectivity index (χ1v) is 6.16. The van der Waals surface area contributed by atoms with Gasteiger partial charge in [-0.2, -0.15) is 13.2 Å². The van der Waals surface area contributed by atoms with E-state index in [4.69, 9.17) is 5.11 Å². The van der Waals surface area contributed by atoms with Gasteiger partial charge in [-0.25, -0.2) is 0 Å². The van der Waals surface area contributed by atoms with Gasteiger partial charge in [0.25, 0.3) is 0 Å². The third-order valence-corrected chi connectivity index (χ3v) is 2.95. The molecule has 1 N–H and O–H groups in total. The molecule has 2 rings (SSSR count). The summed E-state index contributed by atoms with van der Waals surface area (Å²) < 4.78 is 38.6. The molecule has 0 bridgehead atoms. The standard InChI is InChI=1S/C15H12F3NO2/c16-15(17,18)13-4-2-1-3-12(13)14(21)7-10-5-6-11(9-20)19-8-10/h1-6,8,20H,7,9H2. The van der Waals surface area contributed by atoms with Gasteiger partial charge < -0.3 is 5.11 Å². The van der Waals surface area contributed by atoms with Gasteiger partial charge in [-0.15, -0.1) is 0 Å². The number of aliphatic hydroxyl groups is 1. The lowest BCUT2D eigenvalue weighted by Gasteiger charge is -2.11. The van der Waals surface area contributed by atoms with Crippen molar-refractivity contribution in [1.82, 2.24) is 4.98 Å². The predicted molar refractivity (Wildman–Crippen MR) is 69.6 cm³/mol. The lowest BCUT2D eigenvalue weighted by Crippen LogP contribution is -2.14. The molecule has 1 aromatic carbocycles. The summed E-state index contributed by atoms with van der Waals surface area (Å²) in [5, 5.41) is 8.86. The van der Waals surface area contributed by atoms with Crippen LogP contribution in [-0.4, -0.2) is 15.9 Å². The Balaban J connectivity index is 2.24. The van der Waals surface area contributed by atoms with E-state index in [1.165, 1.54) is 30.5 Å². The molecule has 6 heteroatoms. The summed E-state index contributed by atoms with van der Waals surface area (Å²) in [6.07, 6.45) is -3.36. The quantitative estimate of drug-likeness (QED) is 0.882. The molecule has 0 atom stereocenters. The predicted octanol–water partition coefficient (Wildman–Crippen LogP) is 3.02. The average Bonchev–Trinajstić information content (AvgIpc) is 2.47. The number of alkyl halides is 3. The molecule has 1 aromatic heterocycles. The van der Waals surface area contributed by atoms with Crippen molar-refractivity contribution in [2.45, 2.75) is 19.2 Å². The number of aliphatic hydroxyl groups excluding tert-OH is 1. The molecule has 0 amide bonds. The molecule has 0 aliphatic heterocycles. The van der Waals surface area contributed by atoms with Gasteiger partial charge in [0, 0.05) is 18.2 Å². The lowest BCUT2D eigenvalue weighted by atomic mass is 9.99.